The fraction of sp³-hybridized carbons (Fsp3) is 0.414. The van der Waals surface area contributed by atoms with Crippen LogP contribution in [-0.4, -0.2) is 73.1 Å². The van der Waals surface area contributed by atoms with Crippen molar-refractivity contribution in [2.75, 3.05) is 25.5 Å². The average molecular weight is 658 g/mol. The molecular weight excluding hydrogens is 626 g/mol. The van der Waals surface area contributed by atoms with Crippen LogP contribution in [0.5, 0.6) is 0 Å². The highest BCUT2D eigenvalue weighted by molar-refractivity contribution is 7.90. The van der Waals surface area contributed by atoms with Gasteiger partial charge in [0.25, 0.3) is 6.47 Å². The molecule has 1 saturated heterocycles. The minimum absolute atomic E-state index is 0.0550. The lowest BCUT2D eigenvalue weighted by atomic mass is 9.77. The molecule has 2 aromatic carbocycles. The van der Waals surface area contributed by atoms with E-state index in [0.717, 1.165) is 31.3 Å². The predicted molar refractivity (Wildman–Crippen MR) is 157 cm³/mol. The van der Waals surface area contributed by atoms with Crippen molar-refractivity contribution in [3.05, 3.63) is 82.6 Å². The van der Waals surface area contributed by atoms with Gasteiger partial charge in [-0.15, -0.1) is 0 Å². The first-order valence-corrected chi connectivity index (χ1v) is 15.8. The van der Waals surface area contributed by atoms with E-state index >= 15 is 4.39 Å². The van der Waals surface area contributed by atoms with Gasteiger partial charge in [0.2, 0.25) is 0 Å². The first kappa shape index (κ1) is 33.6. The third-order valence-corrected chi connectivity index (χ3v) is 10.0. The van der Waals surface area contributed by atoms with Gasteiger partial charge in [0.1, 0.15) is 17.0 Å². The molecule has 1 aliphatic carbocycles. The second-order valence-corrected chi connectivity index (χ2v) is 13.1. The number of carboxylic acid groups (broad SMARTS) is 1. The van der Waals surface area contributed by atoms with Crippen LogP contribution in [0.25, 0.3) is 0 Å². The standard InChI is InChI=1S/C28H30ClF4N5O2S.CH2O2/c1-38(21-13-35-14-21)26-10-18(17-3-2-4-19(9-17)28(31,32)33)5-6-24(26)37-25-12-23(30)27(11-22(25)29)41(39,40)15-20-7-8-34-16-36-20;2-1-3/h2-4,7-9,11-12,16,18,21,24,26,35,37H,5-6,10,13-15H2,1H3;1H,(H,2,3)/t18-,24-,26-;/m0./s1. The fourth-order valence-corrected chi connectivity index (χ4v) is 7.27. The fourth-order valence-electron chi connectivity index (χ4n) is 5.62. The van der Waals surface area contributed by atoms with Crippen molar-refractivity contribution in [1.82, 2.24) is 20.2 Å². The van der Waals surface area contributed by atoms with Crippen molar-refractivity contribution >= 4 is 33.6 Å². The number of rotatable bonds is 8. The Morgan fingerprint density at radius 3 is 2.52 bits per heavy atom. The van der Waals surface area contributed by atoms with Crippen molar-refractivity contribution in [3.8, 4) is 0 Å². The van der Waals surface area contributed by atoms with Gasteiger partial charge in [-0.2, -0.15) is 13.2 Å². The van der Waals surface area contributed by atoms with Gasteiger partial charge in [-0.1, -0.05) is 29.8 Å². The van der Waals surface area contributed by atoms with Gasteiger partial charge < -0.3 is 15.7 Å². The van der Waals surface area contributed by atoms with Gasteiger partial charge in [-0.05, 0) is 62.1 Å². The van der Waals surface area contributed by atoms with E-state index < -0.39 is 38.0 Å². The Labute approximate surface area is 257 Å². The van der Waals surface area contributed by atoms with E-state index in [1.165, 1.54) is 30.7 Å². The summed E-state index contributed by atoms with van der Waals surface area (Å²) in [6.45, 7) is 1.34. The molecule has 15 heteroatoms. The minimum atomic E-state index is -4.42. The number of nitrogens with one attached hydrogen (secondary N) is 2. The second kappa shape index (κ2) is 14.2. The van der Waals surface area contributed by atoms with Gasteiger partial charge in [-0.25, -0.2) is 22.8 Å². The topological polar surface area (TPSA) is 125 Å². The third-order valence-electron chi connectivity index (χ3n) is 8.04. The van der Waals surface area contributed by atoms with Gasteiger partial charge >= 0.3 is 6.18 Å². The molecule has 9 nitrogen and oxygen atoms in total. The van der Waals surface area contributed by atoms with Gasteiger partial charge in [0, 0.05) is 37.4 Å². The lowest BCUT2D eigenvalue weighted by Crippen LogP contribution is -2.62. The maximum Gasteiger partial charge on any atom is 0.416 e. The van der Waals surface area contributed by atoms with Crippen LogP contribution in [0.4, 0.5) is 23.2 Å². The van der Waals surface area contributed by atoms with E-state index in [1.54, 1.807) is 6.07 Å². The molecule has 238 valence electrons. The zero-order valence-corrected chi connectivity index (χ0v) is 25.2. The highest BCUT2D eigenvalue weighted by atomic mass is 35.5. The Hall–Kier alpha value is -3.33. The molecule has 1 aromatic heterocycles. The molecule has 44 heavy (non-hydrogen) atoms. The van der Waals surface area contributed by atoms with Crippen LogP contribution in [0.1, 0.15) is 42.0 Å². The van der Waals surface area contributed by atoms with Crippen molar-refractivity contribution in [2.24, 2.45) is 0 Å². The van der Waals surface area contributed by atoms with Crippen LogP contribution < -0.4 is 10.6 Å². The van der Waals surface area contributed by atoms with Crippen LogP contribution in [-0.2, 0) is 26.6 Å². The molecule has 0 amide bonds. The summed E-state index contributed by atoms with van der Waals surface area (Å²) >= 11 is 6.49. The monoisotopic (exact) mass is 657 g/mol. The number of aromatic nitrogens is 2. The van der Waals surface area contributed by atoms with Gasteiger partial charge in [0.15, 0.2) is 9.84 Å². The number of anilines is 1. The maximum atomic E-state index is 15.2. The molecule has 1 aliphatic heterocycles. The van der Waals surface area contributed by atoms with Crippen molar-refractivity contribution in [3.63, 3.8) is 0 Å². The van der Waals surface area contributed by atoms with Crippen LogP contribution in [0.2, 0.25) is 5.02 Å². The number of carbonyl (C=O) groups is 1. The molecule has 0 spiro atoms. The largest absolute Gasteiger partial charge is 0.483 e. The highest BCUT2D eigenvalue weighted by Gasteiger charge is 2.39. The summed E-state index contributed by atoms with van der Waals surface area (Å²) in [5, 5.41) is 13.5. The Bertz CT molecular complexity index is 1540. The second-order valence-electron chi connectivity index (χ2n) is 10.8. The van der Waals surface area contributed by atoms with E-state index in [-0.39, 0.29) is 46.9 Å². The number of hydrogen-bond acceptors (Lipinski definition) is 8. The van der Waals surface area contributed by atoms with Crippen LogP contribution in [0.3, 0.4) is 0 Å². The molecule has 2 heterocycles. The van der Waals surface area contributed by atoms with Crippen molar-refractivity contribution in [2.45, 2.75) is 60.1 Å². The molecule has 3 atom stereocenters. The third kappa shape index (κ3) is 8.03. The van der Waals surface area contributed by atoms with Gasteiger partial charge in [-0.3, -0.25) is 9.69 Å². The smallest absolute Gasteiger partial charge is 0.416 e. The zero-order chi connectivity index (χ0) is 32.1. The normalized spacial score (nSPS) is 20.8. The number of nitrogens with zero attached hydrogens (tertiary/aromatic N) is 3. The van der Waals surface area contributed by atoms with Crippen molar-refractivity contribution in [1.29, 1.82) is 0 Å². The lowest BCUT2D eigenvalue weighted by Gasteiger charge is -2.47. The first-order chi connectivity index (χ1) is 20.8. The number of alkyl halides is 3. The Morgan fingerprint density at radius 1 is 1.18 bits per heavy atom. The summed E-state index contributed by atoms with van der Waals surface area (Å²) in [5.74, 6) is -1.52. The first-order valence-electron chi connectivity index (χ1n) is 13.7. The molecule has 2 aliphatic rings. The zero-order valence-electron chi connectivity index (χ0n) is 23.6. The molecule has 5 rings (SSSR count). The summed E-state index contributed by atoms with van der Waals surface area (Å²) in [5.41, 5.74) is 0.468. The quantitative estimate of drug-likeness (QED) is 0.227. The van der Waals surface area contributed by atoms with E-state index in [4.69, 9.17) is 21.5 Å². The number of sulfone groups is 1. The Morgan fingerprint density at radius 2 is 1.91 bits per heavy atom. The van der Waals surface area contributed by atoms with E-state index in [2.05, 4.69) is 25.5 Å². The number of halogens is 5. The van der Waals surface area contributed by atoms with E-state index in [0.29, 0.717) is 24.8 Å². The van der Waals surface area contributed by atoms with E-state index in [9.17, 15) is 21.6 Å². The van der Waals surface area contributed by atoms with Crippen LogP contribution in [0, 0.1) is 5.82 Å². The molecule has 2 fully saturated rings. The molecule has 0 bridgehead atoms. The summed E-state index contributed by atoms with van der Waals surface area (Å²) in [4.78, 5) is 17.7. The molecular formula is C29H32ClF4N5O4S. The molecule has 1 saturated carbocycles. The maximum absolute atomic E-state index is 15.2. The predicted octanol–water partition coefficient (Wildman–Crippen LogP) is 4.98. The number of likely N-dealkylation sites (N-methyl/N-ethyl adjacent to an activating group) is 1. The Balaban J connectivity index is 0.00000141. The van der Waals surface area contributed by atoms with Crippen LogP contribution >= 0.6 is 11.6 Å². The average Bonchev–Trinajstić information content (AvgIpc) is 2.94. The summed E-state index contributed by atoms with van der Waals surface area (Å²) in [6, 6.07) is 9.11. The van der Waals surface area contributed by atoms with Crippen molar-refractivity contribution < 1.29 is 35.9 Å². The van der Waals surface area contributed by atoms with Crippen LogP contribution in [0.15, 0.2) is 59.9 Å². The molecule has 0 unspecified atom stereocenters. The summed E-state index contributed by atoms with van der Waals surface area (Å²) < 4.78 is 81.2. The molecule has 0 radical (unpaired) electrons. The highest BCUT2D eigenvalue weighted by Crippen LogP contribution is 2.40. The number of hydrogen-bond donors (Lipinski definition) is 3. The number of benzene rings is 2. The Kier molecular flexibility index (Phi) is 10.8. The summed E-state index contributed by atoms with van der Waals surface area (Å²) in [6.07, 6.45) is 0.0218. The molecule has 3 N–H and O–H groups in total. The SMILES string of the molecule is CN(C1CNC1)[C@H]1C[C@@H](c2cccc(C(F)(F)F)c2)CC[C@@H]1Nc1cc(F)c(S(=O)(=O)Cc2ccncn2)cc1Cl.O=CO. The molecule has 3 aromatic rings. The lowest BCUT2D eigenvalue weighted by molar-refractivity contribution is -0.137. The minimum Gasteiger partial charge on any atom is -0.483 e. The van der Waals surface area contributed by atoms with Gasteiger partial charge in [0.05, 0.1) is 27.7 Å². The summed E-state index contributed by atoms with van der Waals surface area (Å²) in [7, 11) is -2.08. The van der Waals surface area contributed by atoms with E-state index in [1.807, 2.05) is 7.05 Å².